The van der Waals surface area contributed by atoms with Crippen molar-refractivity contribution in [2.24, 2.45) is 5.92 Å². The van der Waals surface area contributed by atoms with E-state index < -0.39 is 0 Å². The van der Waals surface area contributed by atoms with E-state index in [1.54, 1.807) is 0 Å². The van der Waals surface area contributed by atoms with Crippen molar-refractivity contribution >= 4 is 37.5 Å². The van der Waals surface area contributed by atoms with Gasteiger partial charge in [0.15, 0.2) is 0 Å². The summed E-state index contributed by atoms with van der Waals surface area (Å²) in [7, 11) is 2.19. The largest absolute Gasteiger partial charge is 0.373 e. The summed E-state index contributed by atoms with van der Waals surface area (Å²) < 4.78 is 1.20. The molecule has 0 radical (unpaired) electrons. The highest BCUT2D eigenvalue weighted by molar-refractivity contribution is 9.10. The minimum absolute atomic E-state index is 0.910. The Hall–Kier alpha value is -0.0200. The summed E-state index contributed by atoms with van der Waals surface area (Å²) in [6.07, 6.45) is 4.23. The van der Waals surface area contributed by atoms with Gasteiger partial charge in [0.1, 0.15) is 0 Å². The van der Waals surface area contributed by atoms with E-state index in [1.807, 2.05) is 0 Å². The molecule has 0 unspecified atom stereocenters. The summed E-state index contributed by atoms with van der Waals surface area (Å²) in [5.41, 5.74) is 2.62. The molecule has 1 aliphatic rings. The zero-order valence-corrected chi connectivity index (χ0v) is 12.7. The zero-order chi connectivity index (χ0) is 11.5. The van der Waals surface area contributed by atoms with Crippen molar-refractivity contribution < 1.29 is 0 Å². The Labute approximate surface area is 114 Å². The maximum Gasteiger partial charge on any atom is 0.0508 e. The first kappa shape index (κ1) is 12.4. The second kappa shape index (κ2) is 5.54. The lowest BCUT2D eigenvalue weighted by Gasteiger charge is -2.31. The van der Waals surface area contributed by atoms with E-state index in [-0.39, 0.29) is 0 Å². The minimum Gasteiger partial charge on any atom is -0.373 e. The molecule has 88 valence electrons. The van der Waals surface area contributed by atoms with Gasteiger partial charge >= 0.3 is 0 Å². The molecule has 0 atom stereocenters. The van der Waals surface area contributed by atoms with Crippen LogP contribution in [0.25, 0.3) is 0 Å². The Morgan fingerprint density at radius 3 is 2.62 bits per heavy atom. The van der Waals surface area contributed by atoms with E-state index in [1.165, 1.54) is 41.5 Å². The number of hydrogen-bond acceptors (Lipinski definition) is 1. The van der Waals surface area contributed by atoms with Crippen LogP contribution in [0.2, 0.25) is 0 Å². The van der Waals surface area contributed by atoms with Gasteiger partial charge in [-0.25, -0.2) is 0 Å². The van der Waals surface area contributed by atoms with Crippen LogP contribution >= 0.6 is 31.9 Å². The van der Waals surface area contributed by atoms with Gasteiger partial charge < -0.3 is 4.90 Å². The van der Waals surface area contributed by atoms with Crippen LogP contribution in [0.15, 0.2) is 22.7 Å². The lowest BCUT2D eigenvalue weighted by molar-refractivity contribution is 0.321. The highest BCUT2D eigenvalue weighted by atomic mass is 79.9. The third-order valence-corrected chi connectivity index (χ3v) is 4.62. The first-order chi connectivity index (χ1) is 7.70. The van der Waals surface area contributed by atoms with Crippen LogP contribution in [-0.2, 0) is 5.33 Å². The van der Waals surface area contributed by atoms with Gasteiger partial charge in [-0.1, -0.05) is 28.4 Å². The van der Waals surface area contributed by atoms with Gasteiger partial charge in [-0.2, -0.15) is 0 Å². The summed E-state index contributed by atoms with van der Waals surface area (Å²) in [6.45, 7) is 1.19. The van der Waals surface area contributed by atoms with Crippen molar-refractivity contribution in [1.82, 2.24) is 0 Å². The molecular formula is C13H17Br2N. The average Bonchev–Trinajstić information content (AvgIpc) is 2.23. The van der Waals surface area contributed by atoms with Gasteiger partial charge in [-0.05, 0) is 52.4 Å². The number of rotatable bonds is 4. The molecule has 1 nitrogen and oxygen atoms in total. The van der Waals surface area contributed by atoms with Crippen LogP contribution in [0, 0.1) is 5.92 Å². The Balaban J connectivity index is 2.06. The normalized spacial score (nSPS) is 15.9. The molecule has 1 fully saturated rings. The molecule has 0 N–H and O–H groups in total. The quantitative estimate of drug-likeness (QED) is 0.721. The van der Waals surface area contributed by atoms with Crippen molar-refractivity contribution in [1.29, 1.82) is 0 Å². The number of benzene rings is 1. The number of hydrogen-bond donors (Lipinski definition) is 0. The second-order valence-corrected chi connectivity index (χ2v) is 6.01. The highest BCUT2D eigenvalue weighted by Crippen LogP contribution is 2.32. The second-order valence-electron chi connectivity index (χ2n) is 4.60. The summed E-state index contributed by atoms with van der Waals surface area (Å²) in [4.78, 5) is 2.37. The monoisotopic (exact) mass is 345 g/mol. The standard InChI is InChI=1S/C13H17Br2N/c1-16(9-10-3-2-4-10)13-6-5-11(8-14)7-12(13)15/h5-7,10H,2-4,8-9H2,1H3. The Kier molecular flexibility index (Phi) is 4.31. The summed E-state index contributed by atoms with van der Waals surface area (Å²) in [6, 6.07) is 6.59. The molecule has 3 heteroatoms. The number of alkyl halides is 1. The van der Waals surface area contributed by atoms with Crippen molar-refractivity contribution in [2.45, 2.75) is 24.6 Å². The predicted molar refractivity (Wildman–Crippen MR) is 77.4 cm³/mol. The lowest BCUT2D eigenvalue weighted by Crippen LogP contribution is -2.29. The van der Waals surface area contributed by atoms with Crippen LogP contribution in [0.3, 0.4) is 0 Å². The SMILES string of the molecule is CN(CC1CCC1)c1ccc(CBr)cc1Br. The fraction of sp³-hybridized carbons (Fsp3) is 0.538. The molecule has 16 heavy (non-hydrogen) atoms. The molecule has 1 aromatic rings. The van der Waals surface area contributed by atoms with Crippen LogP contribution in [0.4, 0.5) is 5.69 Å². The Bertz CT molecular complexity index is 361. The molecular weight excluding hydrogens is 330 g/mol. The molecule has 1 saturated carbocycles. The van der Waals surface area contributed by atoms with Crippen LogP contribution in [0.5, 0.6) is 0 Å². The van der Waals surface area contributed by atoms with E-state index >= 15 is 0 Å². The van der Waals surface area contributed by atoms with Crippen molar-refractivity contribution in [2.75, 3.05) is 18.5 Å². The van der Waals surface area contributed by atoms with Gasteiger partial charge in [0, 0.05) is 23.4 Å². The van der Waals surface area contributed by atoms with Gasteiger partial charge in [0.2, 0.25) is 0 Å². The van der Waals surface area contributed by atoms with Crippen molar-refractivity contribution in [3.8, 4) is 0 Å². The summed E-state index contributed by atoms with van der Waals surface area (Å²) in [5, 5.41) is 0.915. The maximum absolute atomic E-state index is 3.66. The summed E-state index contributed by atoms with van der Waals surface area (Å²) >= 11 is 7.14. The average molecular weight is 347 g/mol. The highest BCUT2D eigenvalue weighted by Gasteiger charge is 2.19. The Morgan fingerprint density at radius 1 is 1.38 bits per heavy atom. The zero-order valence-electron chi connectivity index (χ0n) is 9.55. The maximum atomic E-state index is 3.66. The molecule has 0 bridgehead atoms. The van der Waals surface area contributed by atoms with Crippen LogP contribution < -0.4 is 4.90 Å². The van der Waals surface area contributed by atoms with Gasteiger partial charge in [-0.3, -0.25) is 0 Å². The smallest absolute Gasteiger partial charge is 0.0508 e. The fourth-order valence-corrected chi connectivity index (χ4v) is 3.18. The number of nitrogens with zero attached hydrogens (tertiary/aromatic N) is 1. The van der Waals surface area contributed by atoms with E-state index in [2.05, 4.69) is 62.0 Å². The molecule has 0 amide bonds. The Morgan fingerprint density at radius 2 is 2.12 bits per heavy atom. The number of anilines is 1. The lowest BCUT2D eigenvalue weighted by atomic mass is 9.85. The van der Waals surface area contributed by atoms with Crippen LogP contribution in [0.1, 0.15) is 24.8 Å². The minimum atomic E-state index is 0.910. The molecule has 0 saturated heterocycles. The molecule has 0 aromatic heterocycles. The molecule has 0 spiro atoms. The van der Waals surface area contributed by atoms with E-state index in [0.717, 1.165) is 11.2 Å². The fourth-order valence-electron chi connectivity index (χ4n) is 2.10. The third-order valence-electron chi connectivity index (χ3n) is 3.33. The van der Waals surface area contributed by atoms with E-state index in [9.17, 15) is 0 Å². The first-order valence-corrected chi connectivity index (χ1v) is 7.67. The first-order valence-electron chi connectivity index (χ1n) is 5.76. The topological polar surface area (TPSA) is 3.24 Å². The van der Waals surface area contributed by atoms with Crippen molar-refractivity contribution in [3.63, 3.8) is 0 Å². The molecule has 0 heterocycles. The molecule has 1 aromatic carbocycles. The molecule has 2 rings (SSSR count). The third kappa shape index (κ3) is 2.80. The van der Waals surface area contributed by atoms with Gasteiger partial charge in [0.05, 0.1) is 5.69 Å². The summed E-state index contributed by atoms with van der Waals surface area (Å²) in [5.74, 6) is 0.910. The molecule has 1 aliphatic carbocycles. The van der Waals surface area contributed by atoms with E-state index in [0.29, 0.717) is 0 Å². The number of halogens is 2. The van der Waals surface area contributed by atoms with Gasteiger partial charge in [-0.15, -0.1) is 0 Å². The van der Waals surface area contributed by atoms with Crippen molar-refractivity contribution in [3.05, 3.63) is 28.2 Å². The van der Waals surface area contributed by atoms with E-state index in [4.69, 9.17) is 0 Å². The van der Waals surface area contributed by atoms with Gasteiger partial charge in [0.25, 0.3) is 0 Å². The molecule has 0 aliphatic heterocycles. The van der Waals surface area contributed by atoms with Crippen LogP contribution in [-0.4, -0.2) is 13.6 Å². The predicted octanol–water partition coefficient (Wildman–Crippen LogP) is 4.58.